The Morgan fingerprint density at radius 1 is 1.23 bits per heavy atom. The van der Waals surface area contributed by atoms with Gasteiger partial charge in [0.05, 0.1) is 12.5 Å². The van der Waals surface area contributed by atoms with Crippen LogP contribution in [-0.4, -0.2) is 34.0 Å². The van der Waals surface area contributed by atoms with Crippen molar-refractivity contribution >= 4 is 23.2 Å². The quantitative estimate of drug-likeness (QED) is 0.633. The Hall–Kier alpha value is -2.70. The predicted molar refractivity (Wildman–Crippen MR) is 117 cm³/mol. The number of aryl methyl sites for hydroxylation is 2. The molecule has 1 N–H and O–H groups in total. The largest absolute Gasteiger partial charge is 0.338 e. The highest BCUT2D eigenvalue weighted by Gasteiger charge is 2.27. The lowest BCUT2D eigenvalue weighted by Gasteiger charge is -2.31. The maximum Gasteiger partial charge on any atom is 0.241 e. The monoisotopic (exact) mass is 424 g/mol. The van der Waals surface area contributed by atoms with Crippen LogP contribution in [0.1, 0.15) is 29.9 Å². The number of halogens is 1. The molecule has 1 aliphatic heterocycles. The van der Waals surface area contributed by atoms with Gasteiger partial charge in [0.2, 0.25) is 17.6 Å². The van der Waals surface area contributed by atoms with Gasteiger partial charge in [0.25, 0.3) is 0 Å². The second kappa shape index (κ2) is 8.98. The Labute approximate surface area is 181 Å². The predicted octanol–water partition coefficient (Wildman–Crippen LogP) is 4.86. The van der Waals surface area contributed by atoms with Crippen LogP contribution in [0, 0.1) is 19.8 Å². The van der Waals surface area contributed by atoms with Gasteiger partial charge in [-0.15, -0.1) is 0 Å². The van der Waals surface area contributed by atoms with Gasteiger partial charge in [-0.25, -0.2) is 0 Å². The second-order valence-corrected chi connectivity index (χ2v) is 8.34. The van der Waals surface area contributed by atoms with Gasteiger partial charge in [0.1, 0.15) is 0 Å². The molecular formula is C23H25ClN4O2. The maximum atomic E-state index is 12.8. The number of benzene rings is 2. The average Bonchev–Trinajstić information content (AvgIpc) is 3.19. The first kappa shape index (κ1) is 20.6. The SMILES string of the molecule is Cc1ccc(-c2noc(CN3CCCC(C(=O)Nc4ccc(Cl)cc4C)C3)n2)cc1. The van der Waals surface area contributed by atoms with Crippen molar-refractivity contribution in [2.75, 3.05) is 18.4 Å². The first-order chi connectivity index (χ1) is 14.5. The molecule has 3 aromatic rings. The third-order valence-corrected chi connectivity index (χ3v) is 5.69. The van der Waals surface area contributed by atoms with Crippen molar-refractivity contribution in [2.24, 2.45) is 5.92 Å². The summed E-state index contributed by atoms with van der Waals surface area (Å²) in [5, 5.41) is 7.82. The molecule has 0 spiro atoms. The summed E-state index contributed by atoms with van der Waals surface area (Å²) in [5.41, 5.74) is 3.89. The number of anilines is 1. The highest BCUT2D eigenvalue weighted by Crippen LogP contribution is 2.24. The van der Waals surface area contributed by atoms with Gasteiger partial charge in [-0.2, -0.15) is 4.98 Å². The van der Waals surface area contributed by atoms with Crippen molar-refractivity contribution in [2.45, 2.75) is 33.2 Å². The zero-order valence-corrected chi connectivity index (χ0v) is 17.9. The lowest BCUT2D eigenvalue weighted by Crippen LogP contribution is -2.40. The standard InChI is InChI=1S/C23H25ClN4O2/c1-15-5-7-17(8-6-15)22-26-21(30-27-22)14-28-11-3-4-18(13-28)23(29)25-20-10-9-19(24)12-16(20)2/h5-10,12,18H,3-4,11,13-14H2,1-2H3,(H,25,29). The summed E-state index contributed by atoms with van der Waals surface area (Å²) in [7, 11) is 0. The number of amides is 1. The van der Waals surface area contributed by atoms with Crippen molar-refractivity contribution in [1.29, 1.82) is 0 Å². The minimum absolute atomic E-state index is 0.0380. The van der Waals surface area contributed by atoms with E-state index in [1.807, 2.05) is 50.2 Å². The zero-order chi connectivity index (χ0) is 21.1. The van der Waals surface area contributed by atoms with Crippen LogP contribution in [0.3, 0.4) is 0 Å². The topological polar surface area (TPSA) is 71.3 Å². The summed E-state index contributed by atoms with van der Waals surface area (Å²) in [5.74, 6) is 1.12. The van der Waals surface area contributed by atoms with E-state index in [9.17, 15) is 4.79 Å². The molecule has 2 heterocycles. The molecule has 156 valence electrons. The fourth-order valence-corrected chi connectivity index (χ4v) is 3.97. The van der Waals surface area contributed by atoms with Crippen molar-refractivity contribution in [1.82, 2.24) is 15.0 Å². The minimum atomic E-state index is -0.0756. The van der Waals surface area contributed by atoms with Gasteiger partial charge < -0.3 is 9.84 Å². The number of nitrogens with one attached hydrogen (secondary N) is 1. The number of aromatic nitrogens is 2. The molecule has 1 aromatic heterocycles. The van der Waals surface area contributed by atoms with Crippen LogP contribution in [0.2, 0.25) is 5.02 Å². The lowest BCUT2D eigenvalue weighted by atomic mass is 9.97. The molecule has 7 heteroatoms. The molecule has 1 saturated heterocycles. The Kier molecular flexibility index (Phi) is 6.16. The Morgan fingerprint density at radius 3 is 2.80 bits per heavy atom. The van der Waals surface area contributed by atoms with Crippen LogP contribution in [0.4, 0.5) is 5.69 Å². The summed E-state index contributed by atoms with van der Waals surface area (Å²) in [6.45, 7) is 6.10. The number of nitrogens with zero attached hydrogens (tertiary/aromatic N) is 3. The van der Waals surface area contributed by atoms with Crippen LogP contribution in [0.5, 0.6) is 0 Å². The van der Waals surface area contributed by atoms with Crippen LogP contribution < -0.4 is 5.32 Å². The number of carbonyl (C=O) groups is 1. The normalized spacial score (nSPS) is 17.1. The van der Waals surface area contributed by atoms with Crippen molar-refractivity contribution < 1.29 is 9.32 Å². The summed E-state index contributed by atoms with van der Waals surface area (Å²) >= 11 is 6.01. The molecule has 2 aromatic carbocycles. The zero-order valence-electron chi connectivity index (χ0n) is 17.2. The molecule has 1 amide bonds. The molecule has 6 nitrogen and oxygen atoms in total. The van der Waals surface area contributed by atoms with Crippen molar-refractivity contribution in [3.63, 3.8) is 0 Å². The first-order valence-electron chi connectivity index (χ1n) is 10.2. The van der Waals surface area contributed by atoms with Crippen molar-refractivity contribution in [3.05, 3.63) is 64.5 Å². The van der Waals surface area contributed by atoms with Gasteiger partial charge in [0.15, 0.2) is 0 Å². The van der Waals surface area contributed by atoms with Gasteiger partial charge in [0, 0.05) is 22.8 Å². The van der Waals surface area contributed by atoms with E-state index in [4.69, 9.17) is 16.1 Å². The molecule has 1 aliphatic rings. The van der Waals surface area contributed by atoms with Crippen LogP contribution in [0.25, 0.3) is 11.4 Å². The second-order valence-electron chi connectivity index (χ2n) is 7.90. The van der Waals surface area contributed by atoms with E-state index >= 15 is 0 Å². The van der Waals surface area contributed by atoms with Crippen molar-refractivity contribution in [3.8, 4) is 11.4 Å². The highest BCUT2D eigenvalue weighted by atomic mass is 35.5. The number of piperidine rings is 1. The number of hydrogen-bond donors (Lipinski definition) is 1. The number of carbonyl (C=O) groups excluding carboxylic acids is 1. The van der Waals surface area contributed by atoms with E-state index in [1.54, 1.807) is 6.07 Å². The smallest absolute Gasteiger partial charge is 0.241 e. The van der Waals surface area contributed by atoms with E-state index < -0.39 is 0 Å². The molecule has 1 unspecified atom stereocenters. The molecule has 1 atom stereocenters. The summed E-state index contributed by atoms with van der Waals surface area (Å²) < 4.78 is 5.45. The highest BCUT2D eigenvalue weighted by molar-refractivity contribution is 6.30. The molecule has 0 saturated carbocycles. The summed E-state index contributed by atoms with van der Waals surface area (Å²) in [4.78, 5) is 19.5. The maximum absolute atomic E-state index is 12.8. The van der Waals surface area contributed by atoms with E-state index in [1.165, 1.54) is 5.56 Å². The lowest BCUT2D eigenvalue weighted by molar-refractivity contribution is -0.121. The molecule has 4 rings (SSSR count). The van der Waals surface area contributed by atoms with E-state index in [-0.39, 0.29) is 11.8 Å². The molecule has 0 bridgehead atoms. The average molecular weight is 425 g/mol. The Morgan fingerprint density at radius 2 is 2.03 bits per heavy atom. The van der Waals surface area contributed by atoms with Gasteiger partial charge >= 0.3 is 0 Å². The third kappa shape index (κ3) is 4.89. The number of likely N-dealkylation sites (tertiary alicyclic amines) is 1. The number of hydrogen-bond acceptors (Lipinski definition) is 5. The van der Waals surface area contributed by atoms with Crippen LogP contribution >= 0.6 is 11.6 Å². The Balaban J connectivity index is 1.37. The fraction of sp³-hybridized carbons (Fsp3) is 0.348. The van der Waals surface area contributed by atoms with E-state index in [2.05, 4.69) is 20.4 Å². The minimum Gasteiger partial charge on any atom is -0.338 e. The van der Waals surface area contributed by atoms with Crippen LogP contribution in [0.15, 0.2) is 47.0 Å². The molecular weight excluding hydrogens is 400 g/mol. The molecule has 0 aliphatic carbocycles. The summed E-state index contributed by atoms with van der Waals surface area (Å²) in [6, 6.07) is 13.5. The van der Waals surface area contributed by atoms with Gasteiger partial charge in [-0.1, -0.05) is 46.6 Å². The van der Waals surface area contributed by atoms with E-state index in [0.29, 0.717) is 29.8 Å². The Bertz CT molecular complexity index is 1030. The molecule has 1 fully saturated rings. The summed E-state index contributed by atoms with van der Waals surface area (Å²) in [6.07, 6.45) is 1.82. The molecule has 30 heavy (non-hydrogen) atoms. The van der Waals surface area contributed by atoms with Crippen LogP contribution in [-0.2, 0) is 11.3 Å². The number of rotatable bonds is 5. The van der Waals surface area contributed by atoms with Gasteiger partial charge in [-0.3, -0.25) is 9.69 Å². The van der Waals surface area contributed by atoms with Gasteiger partial charge in [-0.05, 0) is 57.0 Å². The third-order valence-electron chi connectivity index (χ3n) is 5.46. The fourth-order valence-electron chi connectivity index (χ4n) is 3.75. The molecule has 0 radical (unpaired) electrons. The van der Waals surface area contributed by atoms with E-state index in [0.717, 1.165) is 36.2 Å². The first-order valence-corrected chi connectivity index (χ1v) is 10.5.